The predicted octanol–water partition coefficient (Wildman–Crippen LogP) is 3.91. The molecule has 1 aliphatic rings. The Labute approximate surface area is 142 Å². The van der Waals surface area contributed by atoms with Crippen molar-refractivity contribution < 1.29 is 23.1 Å². The molecule has 8 heteroatoms. The van der Waals surface area contributed by atoms with E-state index in [9.17, 15) is 23.1 Å². The van der Waals surface area contributed by atoms with Crippen LogP contribution in [-0.4, -0.2) is 27.1 Å². The van der Waals surface area contributed by atoms with Gasteiger partial charge in [-0.05, 0) is 37.5 Å². The van der Waals surface area contributed by atoms with E-state index in [1.165, 1.54) is 36.0 Å². The first-order chi connectivity index (χ1) is 10.9. The summed E-state index contributed by atoms with van der Waals surface area (Å²) in [7, 11) is 0. The molecule has 0 saturated heterocycles. The van der Waals surface area contributed by atoms with Crippen LogP contribution in [0.1, 0.15) is 33.3 Å². The van der Waals surface area contributed by atoms with E-state index in [0.29, 0.717) is 17.8 Å². The van der Waals surface area contributed by atoms with E-state index in [-0.39, 0.29) is 17.4 Å². The summed E-state index contributed by atoms with van der Waals surface area (Å²) in [5.41, 5.74) is -2.69. The molecule has 4 nitrogen and oxygen atoms in total. The number of aliphatic imine (C=N–C) groups is 1. The molecule has 0 spiro atoms. The van der Waals surface area contributed by atoms with Gasteiger partial charge in [-0.25, -0.2) is 0 Å². The molecular weight excluding hydrogens is 341 g/mol. The van der Waals surface area contributed by atoms with Crippen molar-refractivity contribution in [2.75, 3.05) is 5.32 Å². The molecule has 0 saturated carbocycles. The Morgan fingerprint density at radius 1 is 1.25 bits per heavy atom. The number of amidine groups is 1. The second kappa shape index (κ2) is 6.07. The summed E-state index contributed by atoms with van der Waals surface area (Å²) in [6.07, 6.45) is -4.77. The molecule has 2 atom stereocenters. The highest BCUT2D eigenvalue weighted by molar-refractivity contribution is 8.16. The summed E-state index contributed by atoms with van der Waals surface area (Å²) in [5, 5.41) is 13.0. The summed E-state index contributed by atoms with van der Waals surface area (Å²) >= 11 is 1.30. The van der Waals surface area contributed by atoms with Gasteiger partial charge in [-0.2, -0.15) is 18.2 Å². The van der Waals surface area contributed by atoms with Crippen molar-refractivity contribution in [3.8, 4) is 0 Å². The molecule has 1 heterocycles. The van der Waals surface area contributed by atoms with Gasteiger partial charge in [-0.15, -0.1) is 0 Å². The first kappa shape index (κ1) is 18.8. The number of nitrogens with one attached hydrogen (secondary N) is 1. The van der Waals surface area contributed by atoms with E-state index in [4.69, 9.17) is 0 Å². The second-order valence-corrected chi connectivity index (χ2v) is 7.80. The molecule has 24 heavy (non-hydrogen) atoms. The summed E-state index contributed by atoms with van der Waals surface area (Å²) in [5.74, 6) is -0.149. The molecule has 0 fully saturated rings. The molecule has 0 aromatic heterocycles. The number of amides is 1. The van der Waals surface area contributed by atoms with E-state index < -0.39 is 16.5 Å². The van der Waals surface area contributed by atoms with Gasteiger partial charge < -0.3 is 10.4 Å². The Kier molecular flexibility index (Phi) is 4.76. The number of rotatable bonds is 3. The van der Waals surface area contributed by atoms with Crippen LogP contribution in [0.5, 0.6) is 0 Å². The number of halogens is 3. The molecule has 1 amide bonds. The van der Waals surface area contributed by atoms with E-state index in [1.54, 1.807) is 0 Å². The first-order valence-corrected chi connectivity index (χ1v) is 8.18. The first-order valence-electron chi connectivity index (χ1n) is 7.36. The topological polar surface area (TPSA) is 61.7 Å². The average molecular weight is 360 g/mol. The zero-order valence-electron chi connectivity index (χ0n) is 13.7. The Hall–Kier alpha value is -1.54. The number of hydrogen-bond acceptors (Lipinski definition) is 4. The lowest BCUT2D eigenvalue weighted by Crippen LogP contribution is -2.39. The SMILES string of the molecule is CC(C)C1(C)SC(Nc2ccc(C(C)(O)C(F)(F)F)cc2)=NC1=O. The van der Waals surface area contributed by atoms with E-state index in [1.807, 2.05) is 20.8 Å². The maximum absolute atomic E-state index is 12.8. The van der Waals surface area contributed by atoms with E-state index >= 15 is 0 Å². The zero-order chi connectivity index (χ0) is 18.3. The fourth-order valence-electron chi connectivity index (χ4n) is 2.05. The van der Waals surface area contributed by atoms with Crippen molar-refractivity contribution in [3.63, 3.8) is 0 Å². The Morgan fingerprint density at radius 3 is 2.21 bits per heavy atom. The van der Waals surface area contributed by atoms with Crippen molar-refractivity contribution in [1.29, 1.82) is 0 Å². The number of anilines is 1. The highest BCUT2D eigenvalue weighted by Crippen LogP contribution is 2.41. The molecule has 1 aliphatic heterocycles. The number of thioether (sulfide) groups is 1. The lowest BCUT2D eigenvalue weighted by Gasteiger charge is -2.27. The van der Waals surface area contributed by atoms with Crippen molar-refractivity contribution in [2.24, 2.45) is 10.9 Å². The highest BCUT2D eigenvalue weighted by atomic mass is 32.2. The van der Waals surface area contributed by atoms with Crippen LogP contribution in [0.3, 0.4) is 0 Å². The van der Waals surface area contributed by atoms with Crippen LogP contribution in [0.2, 0.25) is 0 Å². The van der Waals surface area contributed by atoms with E-state index in [0.717, 1.165) is 0 Å². The van der Waals surface area contributed by atoms with Crippen molar-refractivity contribution in [3.05, 3.63) is 29.8 Å². The van der Waals surface area contributed by atoms with Gasteiger partial charge in [-0.1, -0.05) is 37.7 Å². The fraction of sp³-hybridized carbons (Fsp3) is 0.500. The smallest absolute Gasteiger partial charge is 0.376 e. The summed E-state index contributed by atoms with van der Waals surface area (Å²) in [4.78, 5) is 16.0. The largest absolute Gasteiger partial charge is 0.421 e. The molecule has 1 aromatic rings. The molecule has 0 bridgehead atoms. The minimum Gasteiger partial charge on any atom is -0.376 e. The Morgan fingerprint density at radius 2 is 1.79 bits per heavy atom. The van der Waals surface area contributed by atoms with Crippen LogP contribution >= 0.6 is 11.8 Å². The third-order valence-corrected chi connectivity index (χ3v) is 5.75. The molecule has 2 rings (SSSR count). The lowest BCUT2D eigenvalue weighted by molar-refractivity contribution is -0.258. The predicted molar refractivity (Wildman–Crippen MR) is 89.0 cm³/mol. The number of carbonyl (C=O) groups excluding carboxylic acids is 1. The number of benzene rings is 1. The standard InChI is InChI=1S/C16H19F3N2O2S/c1-9(2)14(3)12(22)21-13(24-14)20-11-7-5-10(6-8-11)15(4,23)16(17,18)19/h5-9,23H,1-4H3,(H,20,21,22). The Bertz CT molecular complexity index is 669. The molecule has 132 valence electrons. The maximum atomic E-state index is 12.8. The van der Waals surface area contributed by atoms with Gasteiger partial charge in [0.25, 0.3) is 5.91 Å². The van der Waals surface area contributed by atoms with Gasteiger partial charge in [0.2, 0.25) is 0 Å². The number of aliphatic hydroxyl groups is 1. The quantitative estimate of drug-likeness (QED) is 0.858. The molecule has 0 radical (unpaired) electrons. The van der Waals surface area contributed by atoms with Gasteiger partial charge >= 0.3 is 6.18 Å². The third kappa shape index (κ3) is 3.30. The van der Waals surface area contributed by atoms with Gasteiger partial charge in [-0.3, -0.25) is 4.79 Å². The molecular formula is C16H19F3N2O2S. The number of nitrogens with zero attached hydrogens (tertiary/aromatic N) is 1. The van der Waals surface area contributed by atoms with Crippen LogP contribution in [0, 0.1) is 5.92 Å². The van der Waals surface area contributed by atoms with E-state index in [2.05, 4.69) is 10.3 Å². The van der Waals surface area contributed by atoms with Crippen LogP contribution in [0.25, 0.3) is 0 Å². The van der Waals surface area contributed by atoms with Crippen LogP contribution in [0.15, 0.2) is 29.3 Å². The van der Waals surface area contributed by atoms with Gasteiger partial charge in [0.1, 0.15) is 4.75 Å². The Balaban J connectivity index is 2.14. The third-order valence-electron chi connectivity index (χ3n) is 4.29. The summed E-state index contributed by atoms with van der Waals surface area (Å²) in [6, 6.07) is 5.21. The van der Waals surface area contributed by atoms with Crippen molar-refractivity contribution >= 4 is 28.5 Å². The monoisotopic (exact) mass is 360 g/mol. The fourth-order valence-corrected chi connectivity index (χ4v) is 3.12. The minimum absolute atomic E-state index is 0.0855. The van der Waals surface area contributed by atoms with Crippen LogP contribution < -0.4 is 5.32 Å². The van der Waals surface area contributed by atoms with Gasteiger partial charge in [0.05, 0.1) is 0 Å². The minimum atomic E-state index is -4.77. The lowest BCUT2D eigenvalue weighted by atomic mass is 9.95. The second-order valence-electron chi connectivity index (χ2n) is 6.36. The summed E-state index contributed by atoms with van der Waals surface area (Å²) < 4.78 is 37.8. The molecule has 2 N–H and O–H groups in total. The average Bonchev–Trinajstić information content (AvgIpc) is 2.74. The van der Waals surface area contributed by atoms with Gasteiger partial charge in [0.15, 0.2) is 10.8 Å². The molecule has 2 unspecified atom stereocenters. The maximum Gasteiger partial charge on any atom is 0.421 e. The van der Waals surface area contributed by atoms with Crippen molar-refractivity contribution in [1.82, 2.24) is 0 Å². The van der Waals surface area contributed by atoms with Crippen LogP contribution in [0.4, 0.5) is 18.9 Å². The number of alkyl halides is 3. The normalized spacial score (nSPS) is 24.0. The highest BCUT2D eigenvalue weighted by Gasteiger charge is 2.51. The van der Waals surface area contributed by atoms with Gasteiger partial charge in [0, 0.05) is 5.69 Å². The van der Waals surface area contributed by atoms with Crippen molar-refractivity contribution in [2.45, 2.75) is 44.2 Å². The summed E-state index contributed by atoms with van der Waals surface area (Å²) in [6.45, 7) is 6.38. The van der Waals surface area contributed by atoms with Crippen LogP contribution in [-0.2, 0) is 10.4 Å². The molecule has 0 aliphatic carbocycles. The zero-order valence-corrected chi connectivity index (χ0v) is 14.5. The number of carbonyl (C=O) groups is 1. The molecule has 1 aromatic carbocycles. The number of hydrogen-bond donors (Lipinski definition) is 2.